The van der Waals surface area contributed by atoms with E-state index in [9.17, 15) is 4.79 Å². The Morgan fingerprint density at radius 1 is 1.18 bits per heavy atom. The zero-order valence-corrected chi connectivity index (χ0v) is 13.3. The Morgan fingerprint density at radius 3 is 2.77 bits per heavy atom. The lowest BCUT2D eigenvalue weighted by atomic mass is 10.2. The van der Waals surface area contributed by atoms with Crippen LogP contribution in [0.5, 0.6) is 0 Å². The van der Waals surface area contributed by atoms with Crippen molar-refractivity contribution >= 4 is 38.9 Å². The SMILES string of the molecule is O=C(/C=C/c1ccccc1Br)NCc1nc2ccccc2[nH]1. The summed E-state index contributed by atoms with van der Waals surface area (Å²) in [7, 11) is 0. The molecule has 0 aliphatic heterocycles. The summed E-state index contributed by atoms with van der Waals surface area (Å²) in [6, 6.07) is 15.5. The molecule has 1 aromatic heterocycles. The predicted octanol–water partition coefficient (Wildman–Crippen LogP) is 3.66. The quantitative estimate of drug-likeness (QED) is 0.701. The molecule has 3 rings (SSSR count). The van der Waals surface area contributed by atoms with Gasteiger partial charge < -0.3 is 10.3 Å². The summed E-state index contributed by atoms with van der Waals surface area (Å²) in [5.41, 5.74) is 2.83. The molecule has 22 heavy (non-hydrogen) atoms. The molecular formula is C17H14BrN3O. The van der Waals surface area contributed by atoms with E-state index < -0.39 is 0 Å². The van der Waals surface area contributed by atoms with Gasteiger partial charge in [0.05, 0.1) is 17.6 Å². The summed E-state index contributed by atoms with van der Waals surface area (Å²) < 4.78 is 0.955. The third-order valence-corrected chi connectivity index (χ3v) is 3.91. The zero-order valence-electron chi connectivity index (χ0n) is 11.7. The normalized spacial score (nSPS) is 11.1. The van der Waals surface area contributed by atoms with E-state index in [1.165, 1.54) is 6.08 Å². The number of aromatic nitrogens is 2. The molecule has 0 radical (unpaired) electrons. The van der Waals surface area contributed by atoms with Gasteiger partial charge in [0.25, 0.3) is 0 Å². The van der Waals surface area contributed by atoms with Crippen molar-refractivity contribution in [3.8, 4) is 0 Å². The fourth-order valence-corrected chi connectivity index (χ4v) is 2.51. The third kappa shape index (κ3) is 3.43. The fourth-order valence-electron chi connectivity index (χ4n) is 2.09. The van der Waals surface area contributed by atoms with E-state index in [4.69, 9.17) is 0 Å². The fraction of sp³-hybridized carbons (Fsp3) is 0.0588. The highest BCUT2D eigenvalue weighted by Crippen LogP contribution is 2.17. The number of hydrogen-bond donors (Lipinski definition) is 2. The average Bonchev–Trinajstić information content (AvgIpc) is 2.95. The molecular weight excluding hydrogens is 342 g/mol. The maximum absolute atomic E-state index is 11.9. The molecule has 0 atom stereocenters. The van der Waals surface area contributed by atoms with Crippen LogP contribution >= 0.6 is 15.9 Å². The first-order valence-electron chi connectivity index (χ1n) is 6.86. The minimum atomic E-state index is -0.156. The first-order chi connectivity index (χ1) is 10.7. The number of hydrogen-bond acceptors (Lipinski definition) is 2. The number of para-hydroxylation sites is 2. The molecule has 5 heteroatoms. The largest absolute Gasteiger partial charge is 0.345 e. The number of H-pyrrole nitrogens is 1. The van der Waals surface area contributed by atoms with Gasteiger partial charge in [-0.2, -0.15) is 0 Å². The molecule has 0 aliphatic rings. The van der Waals surface area contributed by atoms with Gasteiger partial charge in [0.2, 0.25) is 5.91 Å². The van der Waals surface area contributed by atoms with E-state index in [-0.39, 0.29) is 5.91 Å². The molecule has 110 valence electrons. The molecule has 0 spiro atoms. The Balaban J connectivity index is 1.61. The second-order valence-electron chi connectivity index (χ2n) is 4.77. The van der Waals surface area contributed by atoms with Crippen molar-refractivity contribution in [3.05, 3.63) is 70.5 Å². The molecule has 0 saturated heterocycles. The van der Waals surface area contributed by atoms with Gasteiger partial charge in [0, 0.05) is 10.5 Å². The van der Waals surface area contributed by atoms with Crippen molar-refractivity contribution < 1.29 is 4.79 Å². The number of nitrogens with zero attached hydrogens (tertiary/aromatic N) is 1. The van der Waals surface area contributed by atoms with E-state index in [0.29, 0.717) is 6.54 Å². The average molecular weight is 356 g/mol. The van der Waals surface area contributed by atoms with Gasteiger partial charge in [-0.15, -0.1) is 0 Å². The van der Waals surface area contributed by atoms with E-state index in [2.05, 4.69) is 31.2 Å². The first kappa shape index (κ1) is 14.5. The van der Waals surface area contributed by atoms with Gasteiger partial charge >= 0.3 is 0 Å². The molecule has 2 N–H and O–H groups in total. The monoisotopic (exact) mass is 355 g/mol. The van der Waals surface area contributed by atoms with Crippen molar-refractivity contribution in [3.63, 3.8) is 0 Å². The summed E-state index contributed by atoms with van der Waals surface area (Å²) in [5, 5.41) is 2.81. The number of carbonyl (C=O) groups is 1. The number of amides is 1. The number of rotatable bonds is 4. The van der Waals surface area contributed by atoms with Crippen LogP contribution < -0.4 is 5.32 Å². The molecule has 1 heterocycles. The maximum Gasteiger partial charge on any atom is 0.244 e. The van der Waals surface area contributed by atoms with Crippen LogP contribution in [0.1, 0.15) is 11.4 Å². The topological polar surface area (TPSA) is 57.8 Å². The lowest BCUT2D eigenvalue weighted by Crippen LogP contribution is -2.20. The van der Waals surface area contributed by atoms with Gasteiger partial charge in [-0.05, 0) is 29.8 Å². The molecule has 1 amide bonds. The summed E-state index contributed by atoms with van der Waals surface area (Å²) >= 11 is 3.44. The minimum absolute atomic E-state index is 0.156. The summed E-state index contributed by atoms with van der Waals surface area (Å²) in [4.78, 5) is 19.5. The third-order valence-electron chi connectivity index (χ3n) is 3.19. The van der Waals surface area contributed by atoms with Gasteiger partial charge in [-0.3, -0.25) is 4.79 Å². The van der Waals surface area contributed by atoms with Crippen LogP contribution in [0.2, 0.25) is 0 Å². The van der Waals surface area contributed by atoms with Crippen molar-refractivity contribution in [1.82, 2.24) is 15.3 Å². The Morgan fingerprint density at radius 2 is 1.95 bits per heavy atom. The number of benzene rings is 2. The minimum Gasteiger partial charge on any atom is -0.345 e. The van der Waals surface area contributed by atoms with Crippen molar-refractivity contribution in [2.24, 2.45) is 0 Å². The first-order valence-corrected chi connectivity index (χ1v) is 7.66. The van der Waals surface area contributed by atoms with Gasteiger partial charge in [-0.25, -0.2) is 4.98 Å². The highest BCUT2D eigenvalue weighted by molar-refractivity contribution is 9.10. The van der Waals surface area contributed by atoms with Crippen LogP contribution in [-0.4, -0.2) is 15.9 Å². The second-order valence-corrected chi connectivity index (χ2v) is 5.63. The summed E-state index contributed by atoms with van der Waals surface area (Å²) in [6.45, 7) is 0.369. The van der Waals surface area contributed by atoms with Gasteiger partial charge in [0.15, 0.2) is 0 Å². The number of nitrogens with one attached hydrogen (secondary N) is 2. The smallest absolute Gasteiger partial charge is 0.244 e. The Labute approximate surface area is 136 Å². The zero-order chi connectivity index (χ0) is 15.4. The molecule has 2 aromatic carbocycles. The van der Waals surface area contributed by atoms with Crippen molar-refractivity contribution in [2.75, 3.05) is 0 Å². The van der Waals surface area contributed by atoms with Crippen LogP contribution in [0.25, 0.3) is 17.1 Å². The second kappa shape index (κ2) is 6.58. The van der Waals surface area contributed by atoms with E-state index in [0.717, 1.165) is 26.9 Å². The molecule has 0 aliphatic carbocycles. The van der Waals surface area contributed by atoms with Crippen LogP contribution in [0, 0.1) is 0 Å². The van der Waals surface area contributed by atoms with Crippen molar-refractivity contribution in [2.45, 2.75) is 6.54 Å². The van der Waals surface area contributed by atoms with Crippen LogP contribution in [0.3, 0.4) is 0 Å². The Hall–Kier alpha value is -2.40. The molecule has 0 saturated carbocycles. The van der Waals surface area contributed by atoms with Crippen molar-refractivity contribution in [1.29, 1.82) is 0 Å². The van der Waals surface area contributed by atoms with E-state index in [1.54, 1.807) is 6.08 Å². The lowest BCUT2D eigenvalue weighted by Gasteiger charge is -1.99. The van der Waals surface area contributed by atoms with Crippen LogP contribution in [-0.2, 0) is 11.3 Å². The Kier molecular flexibility index (Phi) is 4.34. The number of imidazole rings is 1. The molecule has 4 nitrogen and oxygen atoms in total. The molecule has 0 unspecified atom stereocenters. The van der Waals surface area contributed by atoms with E-state index in [1.807, 2.05) is 48.5 Å². The lowest BCUT2D eigenvalue weighted by molar-refractivity contribution is -0.116. The maximum atomic E-state index is 11.9. The highest BCUT2D eigenvalue weighted by atomic mass is 79.9. The van der Waals surface area contributed by atoms with Gasteiger partial charge in [-0.1, -0.05) is 46.3 Å². The summed E-state index contributed by atoms with van der Waals surface area (Å²) in [6.07, 6.45) is 3.29. The van der Waals surface area contributed by atoms with Crippen LogP contribution in [0.15, 0.2) is 59.1 Å². The standard InChI is InChI=1S/C17H14BrN3O/c18-13-6-2-1-5-12(13)9-10-17(22)19-11-16-20-14-7-3-4-8-15(14)21-16/h1-10H,11H2,(H,19,22)(H,20,21)/b10-9+. The molecule has 0 fully saturated rings. The number of halogens is 1. The number of fused-ring (bicyclic) bond motifs is 1. The van der Waals surface area contributed by atoms with Gasteiger partial charge in [0.1, 0.15) is 5.82 Å². The number of aromatic amines is 1. The van der Waals surface area contributed by atoms with Crippen LogP contribution in [0.4, 0.5) is 0 Å². The predicted molar refractivity (Wildman–Crippen MR) is 91.1 cm³/mol. The van der Waals surface area contributed by atoms with E-state index >= 15 is 0 Å². The highest BCUT2D eigenvalue weighted by Gasteiger charge is 2.03. The Bertz CT molecular complexity index is 806. The number of carbonyl (C=O) groups excluding carboxylic acids is 1. The molecule has 0 bridgehead atoms. The summed E-state index contributed by atoms with van der Waals surface area (Å²) in [5.74, 6) is 0.583. The molecule has 3 aromatic rings.